The van der Waals surface area contributed by atoms with Crippen LogP contribution in [0.5, 0.6) is 5.88 Å². The van der Waals surface area contributed by atoms with E-state index in [9.17, 15) is 9.90 Å². The molecule has 0 spiro atoms. The van der Waals surface area contributed by atoms with Crippen LogP contribution in [0.2, 0.25) is 0 Å². The fourth-order valence-corrected chi connectivity index (χ4v) is 4.57. The number of benzene rings is 2. The van der Waals surface area contributed by atoms with Gasteiger partial charge in [0.25, 0.3) is 0 Å². The number of methoxy groups -OCH3 is 1. The molecule has 2 aromatic carbocycles. The number of rotatable bonds is 7. The molecular formula is C29H32N2O3. The van der Waals surface area contributed by atoms with Crippen molar-refractivity contribution in [2.45, 2.75) is 45.3 Å². The minimum absolute atomic E-state index is 0.00624. The molecule has 176 valence electrons. The summed E-state index contributed by atoms with van der Waals surface area (Å²) in [7, 11) is 1.59. The van der Waals surface area contributed by atoms with E-state index in [0.29, 0.717) is 17.1 Å². The van der Waals surface area contributed by atoms with Crippen LogP contribution in [0.3, 0.4) is 0 Å². The average Bonchev–Trinajstić information content (AvgIpc) is 2.90. The number of aliphatic hydroxyl groups is 1. The van der Waals surface area contributed by atoms with Gasteiger partial charge in [0.1, 0.15) is 0 Å². The van der Waals surface area contributed by atoms with E-state index in [2.05, 4.69) is 4.98 Å². The van der Waals surface area contributed by atoms with E-state index in [1.165, 1.54) is 6.42 Å². The van der Waals surface area contributed by atoms with E-state index < -0.39 is 6.23 Å². The standard InChI is InChI=1S/C29H32N2O3/c1-3-8-21-9-7-12-26(19-21)31(28(32)23-10-5-4-6-11-23)29(33)24-15-13-22(14-16-24)25-17-18-27(34-2)30-20-25/h3,7-9,12-20,23,29,33H,4-6,10-11H2,1-2H3/b8-3+. The fraction of sp³-hybridized carbons (Fsp3) is 0.310. The number of carbonyl (C=O) groups excluding carboxylic acids is 1. The lowest BCUT2D eigenvalue weighted by molar-refractivity contribution is -0.125. The van der Waals surface area contributed by atoms with E-state index in [1.54, 1.807) is 18.2 Å². The summed E-state index contributed by atoms with van der Waals surface area (Å²) in [5.41, 5.74) is 4.31. The molecule has 1 aliphatic carbocycles. The summed E-state index contributed by atoms with van der Waals surface area (Å²) in [6.45, 7) is 1.96. The van der Waals surface area contributed by atoms with E-state index >= 15 is 0 Å². The monoisotopic (exact) mass is 456 g/mol. The molecule has 1 heterocycles. The number of aliphatic hydroxyl groups excluding tert-OH is 1. The number of ether oxygens (including phenoxy) is 1. The molecule has 1 atom stereocenters. The van der Waals surface area contributed by atoms with Gasteiger partial charge in [0.15, 0.2) is 6.23 Å². The third kappa shape index (κ3) is 5.37. The maximum Gasteiger partial charge on any atom is 0.232 e. The molecule has 1 aromatic heterocycles. The van der Waals surface area contributed by atoms with Gasteiger partial charge in [0, 0.05) is 35.0 Å². The second-order valence-electron chi connectivity index (χ2n) is 8.72. The Kier molecular flexibility index (Phi) is 7.76. The molecule has 1 amide bonds. The molecule has 4 rings (SSSR count). The van der Waals surface area contributed by atoms with Crippen molar-refractivity contribution < 1.29 is 14.6 Å². The average molecular weight is 457 g/mol. The van der Waals surface area contributed by atoms with Gasteiger partial charge >= 0.3 is 0 Å². The van der Waals surface area contributed by atoms with Gasteiger partial charge in [-0.15, -0.1) is 0 Å². The second kappa shape index (κ2) is 11.1. The zero-order valence-electron chi connectivity index (χ0n) is 19.9. The van der Waals surface area contributed by atoms with Crippen molar-refractivity contribution in [3.63, 3.8) is 0 Å². The van der Waals surface area contributed by atoms with Crippen molar-refractivity contribution >= 4 is 17.7 Å². The molecule has 5 nitrogen and oxygen atoms in total. The molecule has 0 saturated heterocycles. The maximum absolute atomic E-state index is 13.7. The van der Waals surface area contributed by atoms with E-state index in [4.69, 9.17) is 4.74 Å². The lowest BCUT2D eigenvalue weighted by Gasteiger charge is -2.33. The minimum atomic E-state index is -1.07. The van der Waals surface area contributed by atoms with Crippen molar-refractivity contribution in [3.8, 4) is 17.0 Å². The predicted molar refractivity (Wildman–Crippen MR) is 136 cm³/mol. The number of carbonyl (C=O) groups is 1. The van der Waals surface area contributed by atoms with Crippen LogP contribution in [0.15, 0.2) is 72.9 Å². The van der Waals surface area contributed by atoms with Crippen LogP contribution in [0.4, 0.5) is 5.69 Å². The first-order valence-corrected chi connectivity index (χ1v) is 11.9. The molecule has 0 radical (unpaired) electrons. The molecule has 1 unspecified atom stereocenters. The molecule has 1 fully saturated rings. The number of nitrogens with zero attached hydrogens (tertiary/aromatic N) is 2. The number of allylic oxidation sites excluding steroid dienone is 1. The van der Waals surface area contributed by atoms with Crippen LogP contribution in [0.25, 0.3) is 17.2 Å². The summed E-state index contributed by atoms with van der Waals surface area (Å²) < 4.78 is 5.13. The minimum Gasteiger partial charge on any atom is -0.481 e. The van der Waals surface area contributed by atoms with Crippen LogP contribution < -0.4 is 9.64 Å². The first kappa shape index (κ1) is 23.7. The highest BCUT2D eigenvalue weighted by atomic mass is 16.5. The Morgan fingerprint density at radius 3 is 2.44 bits per heavy atom. The van der Waals surface area contributed by atoms with Crippen LogP contribution in [0.1, 0.15) is 56.4 Å². The normalized spacial score (nSPS) is 15.3. The lowest BCUT2D eigenvalue weighted by atomic mass is 9.88. The Bertz CT molecular complexity index is 1120. The number of hydrogen-bond donors (Lipinski definition) is 1. The summed E-state index contributed by atoms with van der Waals surface area (Å²) in [6.07, 6.45) is 9.69. The Morgan fingerprint density at radius 1 is 1.06 bits per heavy atom. The maximum atomic E-state index is 13.7. The van der Waals surface area contributed by atoms with Gasteiger partial charge in [0.05, 0.1) is 7.11 Å². The Hall–Kier alpha value is -3.44. The quantitative estimate of drug-likeness (QED) is 0.418. The van der Waals surface area contributed by atoms with E-state index in [1.807, 2.05) is 79.7 Å². The first-order chi connectivity index (χ1) is 16.6. The first-order valence-electron chi connectivity index (χ1n) is 11.9. The number of amides is 1. The molecule has 0 aliphatic heterocycles. The predicted octanol–water partition coefficient (Wildman–Crippen LogP) is 6.39. The van der Waals surface area contributed by atoms with E-state index in [0.717, 1.165) is 42.4 Å². The SMILES string of the molecule is C/C=C/c1cccc(N(C(=O)C2CCCCC2)C(O)c2ccc(-c3ccc(OC)nc3)cc2)c1. The molecular weight excluding hydrogens is 424 g/mol. The molecule has 1 saturated carbocycles. The van der Waals surface area contributed by atoms with Crippen LogP contribution in [0, 0.1) is 5.92 Å². The lowest BCUT2D eigenvalue weighted by Crippen LogP contribution is -2.40. The van der Waals surface area contributed by atoms with Gasteiger partial charge in [-0.1, -0.05) is 67.8 Å². The van der Waals surface area contributed by atoms with Crippen LogP contribution >= 0.6 is 0 Å². The van der Waals surface area contributed by atoms with Crippen molar-refractivity contribution in [1.29, 1.82) is 0 Å². The van der Waals surface area contributed by atoms with Gasteiger partial charge in [0.2, 0.25) is 11.8 Å². The van der Waals surface area contributed by atoms with Gasteiger partial charge in [-0.05, 0) is 49.1 Å². The van der Waals surface area contributed by atoms with Crippen molar-refractivity contribution in [2.75, 3.05) is 12.0 Å². The topological polar surface area (TPSA) is 62.7 Å². The molecule has 1 aliphatic rings. The third-order valence-corrected chi connectivity index (χ3v) is 6.43. The Balaban J connectivity index is 1.64. The van der Waals surface area contributed by atoms with Crippen molar-refractivity contribution in [2.24, 2.45) is 5.92 Å². The van der Waals surface area contributed by atoms with Crippen LogP contribution in [-0.4, -0.2) is 23.1 Å². The second-order valence-corrected chi connectivity index (χ2v) is 8.72. The molecule has 0 bridgehead atoms. The van der Waals surface area contributed by atoms with Gasteiger partial charge in [-0.3, -0.25) is 9.69 Å². The van der Waals surface area contributed by atoms with E-state index in [-0.39, 0.29) is 11.8 Å². The van der Waals surface area contributed by atoms with Gasteiger partial charge < -0.3 is 9.84 Å². The number of anilines is 1. The van der Waals surface area contributed by atoms with Gasteiger partial charge in [-0.25, -0.2) is 4.98 Å². The summed E-state index contributed by atoms with van der Waals surface area (Å²) in [6, 6.07) is 19.2. The zero-order valence-corrected chi connectivity index (χ0v) is 19.9. The number of aromatic nitrogens is 1. The summed E-state index contributed by atoms with van der Waals surface area (Å²) in [5, 5.41) is 11.4. The highest BCUT2D eigenvalue weighted by Gasteiger charge is 2.31. The number of hydrogen-bond acceptors (Lipinski definition) is 4. The summed E-state index contributed by atoms with van der Waals surface area (Å²) >= 11 is 0. The largest absolute Gasteiger partial charge is 0.481 e. The molecule has 3 aromatic rings. The Labute approximate surface area is 201 Å². The Morgan fingerprint density at radius 2 is 1.79 bits per heavy atom. The molecule has 5 heteroatoms. The van der Waals surface area contributed by atoms with Crippen molar-refractivity contribution in [1.82, 2.24) is 4.98 Å². The summed E-state index contributed by atoms with van der Waals surface area (Å²) in [4.78, 5) is 19.5. The molecule has 34 heavy (non-hydrogen) atoms. The van der Waals surface area contributed by atoms with Gasteiger partial charge in [-0.2, -0.15) is 0 Å². The highest BCUT2D eigenvalue weighted by molar-refractivity contribution is 5.96. The summed E-state index contributed by atoms with van der Waals surface area (Å²) in [5.74, 6) is 0.500. The number of pyridine rings is 1. The van der Waals surface area contributed by atoms with Crippen LogP contribution in [-0.2, 0) is 4.79 Å². The zero-order chi connectivity index (χ0) is 23.9. The molecule has 1 N–H and O–H groups in total. The van der Waals surface area contributed by atoms with Crippen molar-refractivity contribution in [3.05, 3.63) is 84.1 Å². The highest BCUT2D eigenvalue weighted by Crippen LogP contribution is 2.33. The third-order valence-electron chi connectivity index (χ3n) is 6.43. The fourth-order valence-electron chi connectivity index (χ4n) is 4.57. The smallest absolute Gasteiger partial charge is 0.232 e.